The molecular weight excluding hydrogens is 348 g/mol. The van der Waals surface area contributed by atoms with Gasteiger partial charge in [0.25, 0.3) is 0 Å². The Kier molecular flexibility index (Phi) is 10.6. The number of aliphatic carboxylic acids is 1. The largest absolute Gasteiger partial charge is 0.480 e. The smallest absolute Gasteiger partial charge is 0.407 e. The van der Waals surface area contributed by atoms with Crippen LogP contribution in [-0.2, 0) is 20.9 Å². The summed E-state index contributed by atoms with van der Waals surface area (Å²) in [5, 5.41) is 11.6. The van der Waals surface area contributed by atoms with E-state index in [0.717, 1.165) is 24.8 Å². The third-order valence-electron chi connectivity index (χ3n) is 4.12. The van der Waals surface area contributed by atoms with Crippen LogP contribution in [0, 0.1) is 5.92 Å². The summed E-state index contributed by atoms with van der Waals surface area (Å²) in [7, 11) is 0. The molecule has 1 aromatic carbocycles. The van der Waals surface area contributed by atoms with Crippen molar-refractivity contribution in [2.75, 3.05) is 19.6 Å². The summed E-state index contributed by atoms with van der Waals surface area (Å²) in [6.45, 7) is 4.67. The maximum Gasteiger partial charge on any atom is 0.407 e. The van der Waals surface area contributed by atoms with E-state index in [1.54, 1.807) is 6.92 Å². The summed E-state index contributed by atoms with van der Waals surface area (Å²) < 4.78 is 5.13. The Hall–Kier alpha value is -2.57. The van der Waals surface area contributed by atoms with E-state index in [1.807, 2.05) is 37.3 Å². The minimum atomic E-state index is -0.998. The van der Waals surface area contributed by atoms with Crippen molar-refractivity contribution in [1.82, 2.24) is 10.2 Å². The highest BCUT2D eigenvalue weighted by atomic mass is 16.5. The zero-order valence-electron chi connectivity index (χ0n) is 16.1. The molecule has 0 fully saturated rings. The first-order chi connectivity index (χ1) is 12.9. The van der Waals surface area contributed by atoms with Crippen LogP contribution in [0.1, 0.15) is 45.1 Å². The first-order valence-corrected chi connectivity index (χ1v) is 9.36. The fourth-order valence-corrected chi connectivity index (χ4v) is 2.69. The predicted octanol–water partition coefficient (Wildman–Crippen LogP) is 3.04. The topological polar surface area (TPSA) is 95.9 Å². The van der Waals surface area contributed by atoms with Gasteiger partial charge in [0, 0.05) is 19.5 Å². The van der Waals surface area contributed by atoms with Gasteiger partial charge in [0.05, 0.1) is 0 Å². The van der Waals surface area contributed by atoms with E-state index in [-0.39, 0.29) is 25.0 Å². The van der Waals surface area contributed by atoms with Crippen LogP contribution in [0.3, 0.4) is 0 Å². The summed E-state index contributed by atoms with van der Waals surface area (Å²) >= 11 is 0. The predicted molar refractivity (Wildman–Crippen MR) is 102 cm³/mol. The van der Waals surface area contributed by atoms with Gasteiger partial charge < -0.3 is 20.1 Å². The third-order valence-corrected chi connectivity index (χ3v) is 4.12. The Balaban J connectivity index is 2.16. The second kappa shape index (κ2) is 12.7. The fraction of sp³-hybridized carbons (Fsp3) is 0.550. The number of hydrogen-bond donors (Lipinski definition) is 2. The monoisotopic (exact) mass is 378 g/mol. The lowest BCUT2D eigenvalue weighted by atomic mass is 10.0. The first kappa shape index (κ1) is 22.5. The van der Waals surface area contributed by atoms with Gasteiger partial charge in [0.1, 0.15) is 13.2 Å². The Morgan fingerprint density at radius 3 is 2.52 bits per heavy atom. The van der Waals surface area contributed by atoms with Crippen LogP contribution in [0.5, 0.6) is 0 Å². The van der Waals surface area contributed by atoms with Crippen molar-refractivity contribution in [2.45, 2.75) is 46.1 Å². The number of carbonyl (C=O) groups is 3. The molecule has 150 valence electrons. The Morgan fingerprint density at radius 1 is 1.19 bits per heavy atom. The van der Waals surface area contributed by atoms with Gasteiger partial charge in [0.15, 0.2) is 0 Å². The second-order valence-corrected chi connectivity index (χ2v) is 6.61. The molecule has 0 saturated heterocycles. The number of nitrogens with one attached hydrogen (secondary N) is 1. The van der Waals surface area contributed by atoms with Crippen molar-refractivity contribution in [3.05, 3.63) is 35.9 Å². The minimum absolute atomic E-state index is 0.146. The number of rotatable bonds is 12. The molecule has 0 aromatic heterocycles. The third kappa shape index (κ3) is 10.2. The molecule has 0 aliphatic rings. The van der Waals surface area contributed by atoms with Crippen LogP contribution in [-0.4, -0.2) is 47.6 Å². The van der Waals surface area contributed by atoms with Crippen LogP contribution in [0.25, 0.3) is 0 Å². The highest BCUT2D eigenvalue weighted by Crippen LogP contribution is 2.11. The molecule has 2 amide bonds. The molecule has 0 heterocycles. The SMILES string of the molecule is CCC(=O)N(CC(=O)O)C[C@@H](C)CCCCNC(=O)OCc1ccccc1. The van der Waals surface area contributed by atoms with Crippen LogP contribution in [0.4, 0.5) is 4.79 Å². The number of nitrogens with zero attached hydrogens (tertiary/aromatic N) is 1. The van der Waals surface area contributed by atoms with E-state index in [0.29, 0.717) is 19.5 Å². The molecule has 0 unspecified atom stereocenters. The fourth-order valence-electron chi connectivity index (χ4n) is 2.69. The number of carbonyl (C=O) groups excluding carboxylic acids is 2. The molecule has 7 heteroatoms. The highest BCUT2D eigenvalue weighted by molar-refractivity contribution is 5.81. The number of benzene rings is 1. The maximum absolute atomic E-state index is 11.8. The quantitative estimate of drug-likeness (QED) is 0.545. The molecule has 0 aliphatic carbocycles. The number of carboxylic acids is 1. The number of alkyl carbamates (subject to hydrolysis) is 1. The van der Waals surface area contributed by atoms with Crippen LogP contribution in [0.15, 0.2) is 30.3 Å². The van der Waals surface area contributed by atoms with Crippen LogP contribution in [0.2, 0.25) is 0 Å². The van der Waals surface area contributed by atoms with Crippen molar-refractivity contribution in [2.24, 2.45) is 5.92 Å². The molecule has 7 nitrogen and oxygen atoms in total. The molecule has 1 aromatic rings. The molecule has 0 aliphatic heterocycles. The summed E-state index contributed by atoms with van der Waals surface area (Å²) in [6, 6.07) is 9.48. The van der Waals surface area contributed by atoms with Crippen molar-refractivity contribution < 1.29 is 24.2 Å². The Labute approximate surface area is 160 Å². The second-order valence-electron chi connectivity index (χ2n) is 6.61. The summed E-state index contributed by atoms with van der Waals surface area (Å²) in [4.78, 5) is 35.7. The molecule has 1 rings (SSSR count). The Morgan fingerprint density at radius 2 is 1.89 bits per heavy atom. The van der Waals surface area contributed by atoms with E-state index in [1.165, 1.54) is 4.90 Å². The summed E-state index contributed by atoms with van der Waals surface area (Å²) in [5.41, 5.74) is 0.939. The number of carboxylic acid groups (broad SMARTS) is 1. The zero-order chi connectivity index (χ0) is 20.1. The minimum Gasteiger partial charge on any atom is -0.480 e. The van der Waals surface area contributed by atoms with E-state index in [4.69, 9.17) is 9.84 Å². The average Bonchev–Trinajstić information content (AvgIpc) is 2.65. The van der Waals surface area contributed by atoms with Crippen molar-refractivity contribution >= 4 is 18.0 Å². The van der Waals surface area contributed by atoms with Crippen molar-refractivity contribution in [3.8, 4) is 0 Å². The average molecular weight is 378 g/mol. The van der Waals surface area contributed by atoms with Gasteiger partial charge in [-0.25, -0.2) is 4.79 Å². The van der Waals surface area contributed by atoms with Gasteiger partial charge in [-0.1, -0.05) is 50.6 Å². The number of amides is 2. The van der Waals surface area contributed by atoms with Crippen LogP contribution >= 0.6 is 0 Å². The van der Waals surface area contributed by atoms with Crippen LogP contribution < -0.4 is 5.32 Å². The molecule has 27 heavy (non-hydrogen) atoms. The van der Waals surface area contributed by atoms with E-state index in [9.17, 15) is 14.4 Å². The van der Waals surface area contributed by atoms with Gasteiger partial charge >= 0.3 is 12.1 Å². The lowest BCUT2D eigenvalue weighted by Crippen LogP contribution is -2.38. The van der Waals surface area contributed by atoms with Gasteiger partial charge in [0.2, 0.25) is 5.91 Å². The molecule has 1 atom stereocenters. The molecule has 0 spiro atoms. The molecular formula is C20H30N2O5. The zero-order valence-corrected chi connectivity index (χ0v) is 16.1. The van der Waals surface area contributed by atoms with Gasteiger partial charge in [-0.05, 0) is 24.3 Å². The number of unbranched alkanes of at least 4 members (excludes halogenated alkanes) is 1. The Bertz CT molecular complexity index is 591. The number of hydrogen-bond acceptors (Lipinski definition) is 4. The molecule has 0 bridgehead atoms. The maximum atomic E-state index is 11.8. The molecule has 0 radical (unpaired) electrons. The normalized spacial score (nSPS) is 11.5. The van der Waals surface area contributed by atoms with Crippen molar-refractivity contribution in [1.29, 1.82) is 0 Å². The van der Waals surface area contributed by atoms with E-state index < -0.39 is 12.1 Å². The standard InChI is InChI=1S/C20H30N2O5/c1-3-18(23)22(14-19(24)25)13-16(2)9-7-8-12-21-20(26)27-15-17-10-5-4-6-11-17/h4-6,10-11,16H,3,7-9,12-15H2,1-2H3,(H,21,26)(H,24,25)/t16-/m0/s1. The molecule has 2 N–H and O–H groups in total. The van der Waals surface area contributed by atoms with E-state index >= 15 is 0 Å². The first-order valence-electron chi connectivity index (χ1n) is 9.36. The lowest BCUT2D eigenvalue weighted by molar-refractivity contribution is -0.144. The summed E-state index contributed by atoms with van der Waals surface area (Å²) in [6.07, 6.45) is 2.39. The lowest BCUT2D eigenvalue weighted by Gasteiger charge is -2.24. The number of ether oxygens (including phenoxy) is 1. The van der Waals surface area contributed by atoms with E-state index in [2.05, 4.69) is 5.32 Å². The molecule has 0 saturated carbocycles. The highest BCUT2D eigenvalue weighted by Gasteiger charge is 2.17. The van der Waals surface area contributed by atoms with Gasteiger partial charge in [-0.15, -0.1) is 0 Å². The summed E-state index contributed by atoms with van der Waals surface area (Å²) in [5.74, 6) is -0.945. The van der Waals surface area contributed by atoms with Crippen molar-refractivity contribution in [3.63, 3.8) is 0 Å². The van der Waals surface area contributed by atoms with Gasteiger partial charge in [-0.2, -0.15) is 0 Å². The van der Waals surface area contributed by atoms with Gasteiger partial charge in [-0.3, -0.25) is 9.59 Å².